The van der Waals surface area contributed by atoms with E-state index < -0.39 is 108 Å². The third-order valence-electron chi connectivity index (χ3n) is 11.9. The average Bonchev–Trinajstić information content (AvgIpc) is 3.06. The zero-order valence-electron chi connectivity index (χ0n) is 33.2. The van der Waals surface area contributed by atoms with Gasteiger partial charge in [0.25, 0.3) is 0 Å². The second-order valence-corrected chi connectivity index (χ2v) is 16.5. The summed E-state index contributed by atoms with van der Waals surface area (Å²) in [5.74, 6) is -2.79. The molecule has 3 aliphatic heterocycles. The van der Waals surface area contributed by atoms with Crippen LogP contribution in [0.4, 0.5) is 0 Å². The highest BCUT2D eigenvalue weighted by atomic mass is 16.7. The van der Waals surface area contributed by atoms with Gasteiger partial charge < -0.3 is 64.2 Å². The Hall–Kier alpha value is -1.50. The summed E-state index contributed by atoms with van der Waals surface area (Å²) in [6.07, 6.45) is -8.89. The zero-order valence-corrected chi connectivity index (χ0v) is 33.2. The van der Waals surface area contributed by atoms with Crippen LogP contribution in [-0.2, 0) is 38.0 Å². The number of nitrogens with one attached hydrogen (secondary N) is 1. The molecule has 3 aliphatic rings. The van der Waals surface area contributed by atoms with E-state index in [1.807, 2.05) is 18.9 Å². The van der Waals surface area contributed by atoms with Crippen molar-refractivity contribution in [3.63, 3.8) is 0 Å². The van der Waals surface area contributed by atoms with Crippen LogP contribution in [0.2, 0.25) is 0 Å². The maximum absolute atomic E-state index is 14.2. The molecule has 52 heavy (non-hydrogen) atoms. The standard InChI is InChI=1S/C37H68N2O13/c1-13-26-37(10,46)30(42)23(6)39(11)17-19(2)15-35(8,45)32(52-34-28(41)25(38-18-40)14-20(3)48-34)21(4)29(22(5)33(44)50-26)51-27-16-36(9,47-12)31(43)24(7)49-27/h18-32,34,41-43,45-46H,13-17H2,1-12H3,(H,38,40)/t19-,20-,21+,22-,23-,24+,25+,26?,27+,28-,29+,30-,31+,32-,34+,35-,36-,37-/m1/s1. The topological polar surface area (TPSA) is 206 Å². The normalized spacial score (nSPS) is 49.3. The minimum atomic E-state index is -1.82. The molecule has 0 aliphatic carbocycles. The lowest BCUT2D eigenvalue weighted by molar-refractivity contribution is -0.315. The van der Waals surface area contributed by atoms with Gasteiger partial charge in [0, 0.05) is 32.0 Å². The van der Waals surface area contributed by atoms with E-state index in [1.165, 1.54) is 14.0 Å². The van der Waals surface area contributed by atoms with Gasteiger partial charge in [0.15, 0.2) is 12.6 Å². The summed E-state index contributed by atoms with van der Waals surface area (Å²) in [6.45, 7) is 17.6. The van der Waals surface area contributed by atoms with Crippen LogP contribution in [-0.4, -0.2) is 154 Å². The van der Waals surface area contributed by atoms with E-state index in [4.69, 9.17) is 28.4 Å². The molecule has 3 saturated heterocycles. The van der Waals surface area contributed by atoms with E-state index in [9.17, 15) is 35.1 Å². The van der Waals surface area contributed by atoms with Gasteiger partial charge in [-0.15, -0.1) is 0 Å². The van der Waals surface area contributed by atoms with Gasteiger partial charge in [-0.3, -0.25) is 9.59 Å². The smallest absolute Gasteiger partial charge is 0.311 e. The Bertz CT molecular complexity index is 1160. The fraction of sp³-hybridized carbons (Fsp3) is 0.946. The third kappa shape index (κ3) is 10.0. The molecular weight excluding hydrogens is 680 g/mol. The minimum Gasteiger partial charge on any atom is -0.459 e. The van der Waals surface area contributed by atoms with E-state index >= 15 is 0 Å². The third-order valence-corrected chi connectivity index (χ3v) is 11.9. The van der Waals surface area contributed by atoms with Crippen LogP contribution < -0.4 is 5.32 Å². The molecule has 0 aromatic carbocycles. The molecular formula is C37H68N2O13. The number of hydrogen-bond acceptors (Lipinski definition) is 14. The molecule has 0 spiro atoms. The number of ether oxygens (including phenoxy) is 6. The van der Waals surface area contributed by atoms with Crippen LogP contribution in [0, 0.1) is 17.8 Å². The fourth-order valence-electron chi connectivity index (χ4n) is 8.50. The summed E-state index contributed by atoms with van der Waals surface area (Å²) in [6, 6.07) is -1.24. The monoisotopic (exact) mass is 748 g/mol. The predicted octanol–water partition coefficient (Wildman–Crippen LogP) is 1.09. The Morgan fingerprint density at radius 1 is 0.981 bits per heavy atom. The SMILES string of the molecule is CCC1OC(=O)[C@H](C)[C@@H](O[C@H]2C[C@@](C)(OC)[C@@H](O)[C@H](C)O2)[C@H](C)[C@@H](O[C@@H]2O[C@H](C)C[C@H](NC=O)[C@H]2O)[C@](C)(O)C[C@@H](C)CN(C)[C@H](C)[C@@H](O)[C@]1(C)O. The second-order valence-electron chi connectivity index (χ2n) is 16.5. The average molecular weight is 749 g/mol. The van der Waals surface area contributed by atoms with Crippen molar-refractivity contribution < 1.29 is 63.5 Å². The van der Waals surface area contributed by atoms with E-state index in [2.05, 4.69) is 5.32 Å². The first kappa shape index (κ1) is 44.9. The number of carbonyl (C=O) groups excluding carboxylic acids is 2. The fourth-order valence-corrected chi connectivity index (χ4v) is 8.50. The van der Waals surface area contributed by atoms with Crippen LogP contribution in [0.15, 0.2) is 0 Å². The number of nitrogens with zero attached hydrogens (tertiary/aromatic N) is 1. The van der Waals surface area contributed by atoms with Crippen molar-refractivity contribution in [2.24, 2.45) is 17.8 Å². The highest BCUT2D eigenvalue weighted by Crippen LogP contribution is 2.40. The van der Waals surface area contributed by atoms with Crippen molar-refractivity contribution in [1.82, 2.24) is 10.2 Å². The van der Waals surface area contributed by atoms with Gasteiger partial charge in [0.05, 0.1) is 47.6 Å². The number of likely N-dealkylation sites (N-methyl/N-ethyl adjacent to an activating group) is 1. The quantitative estimate of drug-likeness (QED) is 0.152. The number of hydrogen-bond donors (Lipinski definition) is 6. The molecule has 1 unspecified atom stereocenters. The Morgan fingerprint density at radius 3 is 2.19 bits per heavy atom. The van der Waals surface area contributed by atoms with Gasteiger partial charge in [-0.05, 0) is 80.7 Å². The van der Waals surface area contributed by atoms with E-state index in [-0.39, 0.29) is 25.2 Å². The van der Waals surface area contributed by atoms with Crippen molar-refractivity contribution in [3.05, 3.63) is 0 Å². The van der Waals surface area contributed by atoms with Crippen molar-refractivity contribution in [1.29, 1.82) is 0 Å². The number of methoxy groups -OCH3 is 1. The number of cyclic esters (lactones) is 1. The summed E-state index contributed by atoms with van der Waals surface area (Å²) in [5, 5.41) is 60.4. The molecule has 15 heteroatoms. The largest absolute Gasteiger partial charge is 0.459 e. The Balaban J connectivity index is 2.17. The molecule has 0 radical (unpaired) electrons. The number of aliphatic hydroxyl groups is 5. The summed E-state index contributed by atoms with van der Waals surface area (Å²) >= 11 is 0. The van der Waals surface area contributed by atoms with Crippen molar-refractivity contribution in [3.8, 4) is 0 Å². The minimum absolute atomic E-state index is 0.0999. The van der Waals surface area contributed by atoms with E-state index in [1.54, 1.807) is 55.4 Å². The molecule has 1 amide bonds. The van der Waals surface area contributed by atoms with E-state index in [0.29, 0.717) is 19.4 Å². The van der Waals surface area contributed by atoms with Crippen molar-refractivity contribution in [2.75, 3.05) is 20.7 Å². The maximum atomic E-state index is 14.2. The number of carbonyl (C=O) groups is 2. The van der Waals surface area contributed by atoms with Gasteiger partial charge in [0.2, 0.25) is 6.41 Å². The van der Waals surface area contributed by atoms with Gasteiger partial charge in [-0.1, -0.05) is 20.8 Å². The number of aliphatic hydroxyl groups excluding tert-OH is 3. The predicted molar refractivity (Wildman–Crippen MR) is 190 cm³/mol. The molecule has 6 N–H and O–H groups in total. The molecule has 0 bridgehead atoms. The lowest BCUT2D eigenvalue weighted by atomic mass is 9.77. The zero-order chi connectivity index (χ0) is 39.5. The Morgan fingerprint density at radius 2 is 1.62 bits per heavy atom. The Kier molecular flexibility index (Phi) is 15.5. The lowest BCUT2D eigenvalue weighted by Gasteiger charge is -2.48. The Labute approximate surface area is 309 Å². The van der Waals surface area contributed by atoms with Gasteiger partial charge in [-0.2, -0.15) is 0 Å². The van der Waals surface area contributed by atoms with Gasteiger partial charge >= 0.3 is 5.97 Å². The summed E-state index contributed by atoms with van der Waals surface area (Å²) < 4.78 is 37.1. The van der Waals surface area contributed by atoms with Crippen molar-refractivity contribution in [2.45, 2.75) is 185 Å². The first-order chi connectivity index (χ1) is 24.0. The summed E-state index contributed by atoms with van der Waals surface area (Å²) in [7, 11) is 3.30. The second kappa shape index (κ2) is 18.0. The molecule has 3 rings (SSSR count). The number of rotatable bonds is 8. The molecule has 0 aromatic heterocycles. The van der Waals surface area contributed by atoms with Crippen LogP contribution in [0.3, 0.4) is 0 Å². The van der Waals surface area contributed by atoms with Gasteiger partial charge in [-0.25, -0.2) is 0 Å². The summed E-state index contributed by atoms with van der Waals surface area (Å²) in [5.41, 5.74) is -4.50. The summed E-state index contributed by atoms with van der Waals surface area (Å²) in [4.78, 5) is 27.4. The van der Waals surface area contributed by atoms with Crippen LogP contribution in [0.1, 0.15) is 94.9 Å². The first-order valence-electron chi connectivity index (χ1n) is 18.8. The molecule has 0 saturated carbocycles. The lowest BCUT2D eigenvalue weighted by Crippen LogP contribution is -2.60. The number of amides is 1. The first-order valence-corrected chi connectivity index (χ1v) is 18.8. The number of esters is 1. The molecule has 0 aromatic rings. The molecule has 304 valence electrons. The highest BCUT2D eigenvalue weighted by Gasteiger charge is 2.52. The van der Waals surface area contributed by atoms with Crippen molar-refractivity contribution >= 4 is 12.4 Å². The molecule has 18 atom stereocenters. The van der Waals surface area contributed by atoms with Crippen LogP contribution >= 0.6 is 0 Å². The molecule has 15 nitrogen and oxygen atoms in total. The highest BCUT2D eigenvalue weighted by molar-refractivity contribution is 5.73. The van der Waals surface area contributed by atoms with Crippen LogP contribution in [0.5, 0.6) is 0 Å². The van der Waals surface area contributed by atoms with E-state index in [0.717, 1.165) is 0 Å². The molecule has 3 heterocycles. The maximum Gasteiger partial charge on any atom is 0.311 e. The molecule has 3 fully saturated rings. The van der Waals surface area contributed by atoms with Gasteiger partial charge in [0.1, 0.15) is 30.0 Å². The van der Waals surface area contributed by atoms with Crippen LogP contribution in [0.25, 0.3) is 0 Å².